The molecule has 5 nitrogen and oxygen atoms in total. The van der Waals surface area contributed by atoms with Gasteiger partial charge < -0.3 is 9.80 Å². The molecule has 2 fully saturated rings. The Labute approximate surface area is 140 Å². The van der Waals surface area contributed by atoms with Crippen LogP contribution in [-0.2, 0) is 11.3 Å². The van der Waals surface area contributed by atoms with Gasteiger partial charge >= 0.3 is 0 Å². The van der Waals surface area contributed by atoms with Crippen LogP contribution < -0.4 is 4.90 Å². The van der Waals surface area contributed by atoms with Gasteiger partial charge in [-0.3, -0.25) is 9.69 Å². The minimum atomic E-state index is 0.0769. The first-order chi connectivity index (χ1) is 10.6. The molecule has 3 heterocycles. The van der Waals surface area contributed by atoms with Crippen LogP contribution in [0.4, 0.5) is 5.13 Å². The number of amides is 1. The fourth-order valence-electron chi connectivity index (χ4n) is 3.07. The molecule has 3 rings (SSSR count). The molecule has 0 radical (unpaired) electrons. The van der Waals surface area contributed by atoms with E-state index in [2.05, 4.69) is 14.8 Å². The van der Waals surface area contributed by atoms with Crippen molar-refractivity contribution >= 4 is 34.1 Å². The van der Waals surface area contributed by atoms with Gasteiger partial charge in [-0.1, -0.05) is 0 Å². The van der Waals surface area contributed by atoms with E-state index in [1.807, 2.05) is 37.0 Å². The van der Waals surface area contributed by atoms with Crippen LogP contribution in [0.5, 0.6) is 0 Å². The highest BCUT2D eigenvalue weighted by Crippen LogP contribution is 2.27. The van der Waals surface area contributed by atoms with E-state index in [0.717, 1.165) is 55.7 Å². The molecule has 0 bridgehead atoms. The van der Waals surface area contributed by atoms with Gasteiger partial charge in [-0.05, 0) is 19.4 Å². The number of hydrogen-bond acceptors (Lipinski definition) is 6. The van der Waals surface area contributed by atoms with Gasteiger partial charge in [-0.25, -0.2) is 4.98 Å². The predicted octanol–water partition coefficient (Wildman–Crippen LogP) is 1.75. The molecule has 2 aliphatic rings. The van der Waals surface area contributed by atoms with Crippen molar-refractivity contribution in [3.63, 3.8) is 0 Å². The Balaban J connectivity index is 1.63. The van der Waals surface area contributed by atoms with Gasteiger partial charge in [0.2, 0.25) is 5.91 Å². The van der Waals surface area contributed by atoms with Gasteiger partial charge in [0.1, 0.15) is 0 Å². The standard InChI is InChI=1S/C15H24N4OS2/c1-17(2)15-16-10-12(22-15)11-19-5-3-4-13(19)14(20)18-6-8-21-9-7-18/h10,13H,3-9,11H2,1-2H3/t13-/m1/s1. The minimum Gasteiger partial charge on any atom is -0.354 e. The molecule has 22 heavy (non-hydrogen) atoms. The van der Waals surface area contributed by atoms with Crippen LogP contribution in [0.2, 0.25) is 0 Å². The van der Waals surface area contributed by atoms with Crippen molar-refractivity contribution in [1.82, 2.24) is 14.8 Å². The van der Waals surface area contributed by atoms with Crippen LogP contribution in [0.15, 0.2) is 6.20 Å². The lowest BCUT2D eigenvalue weighted by molar-refractivity contribution is -0.135. The molecule has 1 amide bonds. The molecule has 0 spiro atoms. The quantitative estimate of drug-likeness (QED) is 0.835. The molecule has 0 saturated carbocycles. The van der Waals surface area contributed by atoms with Crippen molar-refractivity contribution in [2.24, 2.45) is 0 Å². The van der Waals surface area contributed by atoms with Crippen molar-refractivity contribution in [2.45, 2.75) is 25.4 Å². The maximum absolute atomic E-state index is 12.8. The largest absolute Gasteiger partial charge is 0.354 e. The molecule has 1 aromatic rings. The van der Waals surface area contributed by atoms with Gasteiger partial charge in [0.05, 0.1) is 6.04 Å². The summed E-state index contributed by atoms with van der Waals surface area (Å²) in [5.74, 6) is 2.51. The van der Waals surface area contributed by atoms with Gasteiger partial charge in [0.25, 0.3) is 0 Å². The van der Waals surface area contributed by atoms with Crippen LogP contribution in [0.1, 0.15) is 17.7 Å². The SMILES string of the molecule is CN(C)c1ncc(CN2CCC[C@@H]2C(=O)N2CCSCC2)s1. The number of nitrogens with zero attached hydrogens (tertiary/aromatic N) is 4. The summed E-state index contributed by atoms with van der Waals surface area (Å²) in [6, 6.07) is 0.0769. The van der Waals surface area contributed by atoms with Crippen molar-refractivity contribution in [3.05, 3.63) is 11.1 Å². The van der Waals surface area contributed by atoms with E-state index in [1.54, 1.807) is 11.3 Å². The lowest BCUT2D eigenvalue weighted by atomic mass is 10.2. The van der Waals surface area contributed by atoms with Gasteiger partial charge in [-0.15, -0.1) is 11.3 Å². The first kappa shape index (κ1) is 16.1. The van der Waals surface area contributed by atoms with Crippen LogP contribution in [-0.4, -0.2) is 72.0 Å². The number of carbonyl (C=O) groups excluding carboxylic acids is 1. The zero-order valence-corrected chi connectivity index (χ0v) is 15.0. The molecular weight excluding hydrogens is 316 g/mol. The van der Waals surface area contributed by atoms with Gasteiger partial charge in [-0.2, -0.15) is 11.8 Å². The summed E-state index contributed by atoms with van der Waals surface area (Å²) in [4.78, 5) is 24.9. The van der Waals surface area contributed by atoms with E-state index in [-0.39, 0.29) is 6.04 Å². The number of carbonyl (C=O) groups is 1. The number of anilines is 1. The monoisotopic (exact) mass is 340 g/mol. The lowest BCUT2D eigenvalue weighted by Gasteiger charge is -2.32. The maximum atomic E-state index is 12.8. The third-order valence-electron chi connectivity index (χ3n) is 4.25. The average molecular weight is 341 g/mol. The van der Waals surface area contributed by atoms with E-state index in [1.165, 1.54) is 4.88 Å². The molecule has 2 saturated heterocycles. The fourth-order valence-corrected chi connectivity index (χ4v) is 4.83. The second-order valence-electron chi connectivity index (χ2n) is 6.07. The summed E-state index contributed by atoms with van der Waals surface area (Å²) in [6.45, 7) is 3.71. The van der Waals surface area contributed by atoms with Crippen molar-refractivity contribution in [3.8, 4) is 0 Å². The number of likely N-dealkylation sites (tertiary alicyclic amines) is 1. The highest BCUT2D eigenvalue weighted by molar-refractivity contribution is 7.99. The Morgan fingerprint density at radius 2 is 2.14 bits per heavy atom. The zero-order valence-electron chi connectivity index (χ0n) is 13.3. The van der Waals surface area contributed by atoms with E-state index in [9.17, 15) is 4.79 Å². The topological polar surface area (TPSA) is 39.7 Å². The molecular formula is C15H24N4OS2. The summed E-state index contributed by atoms with van der Waals surface area (Å²) >= 11 is 3.67. The van der Waals surface area contributed by atoms with Crippen LogP contribution in [0.3, 0.4) is 0 Å². The van der Waals surface area contributed by atoms with Crippen LogP contribution in [0.25, 0.3) is 0 Å². The molecule has 122 valence electrons. The zero-order chi connectivity index (χ0) is 15.5. The molecule has 0 aromatic carbocycles. The average Bonchev–Trinajstić information content (AvgIpc) is 3.17. The third kappa shape index (κ3) is 3.58. The molecule has 7 heteroatoms. The number of rotatable bonds is 4. The Morgan fingerprint density at radius 1 is 1.36 bits per heavy atom. The molecule has 1 atom stereocenters. The maximum Gasteiger partial charge on any atom is 0.239 e. The molecule has 0 N–H and O–H groups in total. The van der Waals surface area contributed by atoms with Gasteiger partial charge in [0.15, 0.2) is 5.13 Å². The minimum absolute atomic E-state index is 0.0769. The first-order valence-electron chi connectivity index (χ1n) is 7.88. The normalized spacial score (nSPS) is 23.0. The number of aromatic nitrogens is 1. The van der Waals surface area contributed by atoms with E-state index in [0.29, 0.717) is 5.91 Å². The Kier molecular flexibility index (Phi) is 5.25. The Hall–Kier alpha value is -0.790. The smallest absolute Gasteiger partial charge is 0.239 e. The molecule has 2 aliphatic heterocycles. The fraction of sp³-hybridized carbons (Fsp3) is 0.733. The lowest BCUT2D eigenvalue weighted by Crippen LogP contribution is -2.48. The summed E-state index contributed by atoms with van der Waals surface area (Å²) < 4.78 is 0. The summed E-state index contributed by atoms with van der Waals surface area (Å²) in [7, 11) is 4.03. The molecule has 0 unspecified atom stereocenters. The van der Waals surface area contributed by atoms with Crippen LogP contribution >= 0.6 is 23.1 Å². The predicted molar refractivity (Wildman–Crippen MR) is 93.8 cm³/mol. The van der Waals surface area contributed by atoms with Crippen molar-refractivity contribution in [1.29, 1.82) is 0 Å². The van der Waals surface area contributed by atoms with Gasteiger partial charge in [0, 0.05) is 56.3 Å². The molecule has 0 aliphatic carbocycles. The summed E-state index contributed by atoms with van der Waals surface area (Å²) in [5, 5.41) is 1.03. The second-order valence-corrected chi connectivity index (χ2v) is 8.39. The summed E-state index contributed by atoms with van der Waals surface area (Å²) in [5.41, 5.74) is 0. The molecule has 1 aromatic heterocycles. The third-order valence-corrected chi connectivity index (χ3v) is 6.35. The van der Waals surface area contributed by atoms with E-state index < -0.39 is 0 Å². The number of thioether (sulfide) groups is 1. The second kappa shape index (κ2) is 7.19. The van der Waals surface area contributed by atoms with E-state index >= 15 is 0 Å². The van der Waals surface area contributed by atoms with Crippen molar-refractivity contribution in [2.75, 3.05) is 50.1 Å². The number of thiazole rings is 1. The Bertz CT molecular complexity index is 513. The Morgan fingerprint density at radius 3 is 2.82 bits per heavy atom. The van der Waals surface area contributed by atoms with E-state index in [4.69, 9.17) is 0 Å². The highest BCUT2D eigenvalue weighted by Gasteiger charge is 2.34. The first-order valence-corrected chi connectivity index (χ1v) is 9.85. The van der Waals surface area contributed by atoms with Crippen molar-refractivity contribution < 1.29 is 4.79 Å². The number of hydrogen-bond donors (Lipinski definition) is 0. The van der Waals surface area contributed by atoms with Crippen LogP contribution in [0, 0.1) is 0 Å². The highest BCUT2D eigenvalue weighted by atomic mass is 32.2. The summed E-state index contributed by atoms with van der Waals surface area (Å²) in [6.07, 6.45) is 4.08.